The fraction of sp³-hybridized carbons (Fsp3) is 0.500. The van der Waals surface area contributed by atoms with E-state index in [0.29, 0.717) is 12.1 Å². The first-order valence-corrected chi connectivity index (χ1v) is 7.34. The Hall–Kier alpha value is -2.13. The highest BCUT2D eigenvalue weighted by molar-refractivity contribution is 5.77. The van der Waals surface area contributed by atoms with Gasteiger partial charge in [-0.3, -0.25) is 4.79 Å². The van der Waals surface area contributed by atoms with Gasteiger partial charge in [0.1, 0.15) is 24.1 Å². The van der Waals surface area contributed by atoms with Crippen LogP contribution < -0.4 is 5.32 Å². The van der Waals surface area contributed by atoms with E-state index in [1.54, 1.807) is 20.8 Å². The lowest BCUT2D eigenvalue weighted by Gasteiger charge is -2.23. The van der Waals surface area contributed by atoms with Crippen LogP contribution in [0.15, 0.2) is 18.2 Å². The van der Waals surface area contributed by atoms with E-state index in [1.807, 2.05) is 0 Å². The minimum absolute atomic E-state index is 0.197. The Morgan fingerprint density at radius 1 is 1.28 bits per heavy atom. The number of carbonyl (C=O) groups excluding carboxylic acids is 2. The van der Waals surface area contributed by atoms with E-state index in [1.165, 1.54) is 0 Å². The molecule has 0 aliphatic carbocycles. The predicted octanol–water partition coefficient (Wildman–Crippen LogP) is 2.44. The molecule has 1 aromatic carbocycles. The lowest BCUT2D eigenvalue weighted by Crippen LogP contribution is -2.39. The summed E-state index contributed by atoms with van der Waals surface area (Å²) in [5.74, 6) is 0. The molecule has 1 amide bonds. The van der Waals surface area contributed by atoms with Crippen molar-refractivity contribution < 1.29 is 37.7 Å². The van der Waals surface area contributed by atoms with Crippen molar-refractivity contribution in [2.45, 2.75) is 44.8 Å². The van der Waals surface area contributed by atoms with Gasteiger partial charge in [0.05, 0.1) is 5.56 Å². The summed E-state index contributed by atoms with van der Waals surface area (Å²) in [7, 11) is 0. The minimum atomic E-state index is -4.67. The third-order valence-electron chi connectivity index (χ3n) is 3.08. The topological polar surface area (TPSA) is 95.9 Å². The van der Waals surface area contributed by atoms with Gasteiger partial charge < -0.3 is 20.3 Å². The largest absolute Gasteiger partial charge is 0.444 e. The molecule has 1 aromatic rings. The number of halogens is 3. The van der Waals surface area contributed by atoms with Crippen molar-refractivity contribution in [3.05, 3.63) is 34.9 Å². The van der Waals surface area contributed by atoms with E-state index in [4.69, 9.17) is 4.74 Å². The Morgan fingerprint density at radius 3 is 2.36 bits per heavy atom. The van der Waals surface area contributed by atoms with E-state index in [9.17, 15) is 33.0 Å². The van der Waals surface area contributed by atoms with Crippen LogP contribution in [0.25, 0.3) is 0 Å². The first-order chi connectivity index (χ1) is 11.3. The molecule has 9 heteroatoms. The molecule has 0 heterocycles. The number of amides is 1. The number of aliphatic hydroxyl groups is 2. The van der Waals surface area contributed by atoms with Crippen molar-refractivity contribution in [2.75, 3.05) is 6.54 Å². The molecule has 0 saturated heterocycles. The normalized spacial score (nSPS) is 14.6. The number of hydrogen-bond donors (Lipinski definition) is 3. The summed E-state index contributed by atoms with van der Waals surface area (Å²) in [5.41, 5.74) is -2.43. The molecule has 0 fully saturated rings. The highest BCUT2D eigenvalue weighted by Gasteiger charge is 2.32. The van der Waals surface area contributed by atoms with Gasteiger partial charge in [-0.1, -0.05) is 6.07 Å². The highest BCUT2D eigenvalue weighted by Crippen LogP contribution is 2.32. The summed E-state index contributed by atoms with van der Waals surface area (Å²) < 4.78 is 43.3. The van der Waals surface area contributed by atoms with Gasteiger partial charge in [-0.15, -0.1) is 0 Å². The molecule has 2 unspecified atom stereocenters. The number of alkyl halides is 3. The van der Waals surface area contributed by atoms with Crippen molar-refractivity contribution in [2.24, 2.45) is 0 Å². The molecule has 140 valence electrons. The van der Waals surface area contributed by atoms with Crippen molar-refractivity contribution in [1.29, 1.82) is 0 Å². The zero-order chi connectivity index (χ0) is 19.4. The van der Waals surface area contributed by atoms with Crippen LogP contribution in [0, 0.1) is 0 Å². The minimum Gasteiger partial charge on any atom is -0.444 e. The molecule has 0 aromatic heterocycles. The van der Waals surface area contributed by atoms with Crippen molar-refractivity contribution >= 4 is 12.4 Å². The molecule has 0 saturated carbocycles. The van der Waals surface area contributed by atoms with E-state index in [0.717, 1.165) is 6.07 Å². The van der Waals surface area contributed by atoms with E-state index in [2.05, 4.69) is 5.32 Å². The van der Waals surface area contributed by atoms with Gasteiger partial charge in [-0.05, 0) is 38.5 Å². The van der Waals surface area contributed by atoms with Gasteiger partial charge in [0.25, 0.3) is 0 Å². The second-order valence-corrected chi connectivity index (χ2v) is 6.35. The van der Waals surface area contributed by atoms with Crippen molar-refractivity contribution in [1.82, 2.24) is 5.32 Å². The quantitative estimate of drug-likeness (QED) is 0.699. The molecule has 0 aliphatic rings. The number of rotatable bonds is 5. The van der Waals surface area contributed by atoms with Crippen LogP contribution in [0.1, 0.15) is 48.4 Å². The van der Waals surface area contributed by atoms with Gasteiger partial charge in [-0.25, -0.2) is 4.79 Å². The number of nitrogens with one attached hydrogen (secondary N) is 1. The van der Waals surface area contributed by atoms with Crippen LogP contribution in [0.4, 0.5) is 18.0 Å². The van der Waals surface area contributed by atoms with Crippen molar-refractivity contribution in [3.63, 3.8) is 0 Å². The average molecular weight is 363 g/mol. The Morgan fingerprint density at radius 2 is 1.88 bits per heavy atom. The second kappa shape index (κ2) is 7.83. The molecule has 3 N–H and O–H groups in total. The molecular formula is C16H20F3NO5. The summed E-state index contributed by atoms with van der Waals surface area (Å²) >= 11 is 0. The number of aliphatic hydroxyl groups excluding tert-OH is 2. The van der Waals surface area contributed by atoms with Gasteiger partial charge in [0.15, 0.2) is 0 Å². The number of alkyl carbamates (subject to hydrolysis) is 1. The second-order valence-electron chi connectivity index (χ2n) is 6.35. The molecule has 2 atom stereocenters. The smallest absolute Gasteiger partial charge is 0.416 e. The van der Waals surface area contributed by atoms with E-state index >= 15 is 0 Å². The van der Waals surface area contributed by atoms with Gasteiger partial charge in [0, 0.05) is 12.1 Å². The average Bonchev–Trinajstić information content (AvgIpc) is 2.48. The first kappa shape index (κ1) is 20.9. The molecule has 0 radical (unpaired) electrons. The number of aldehydes is 1. The Balaban J connectivity index is 2.89. The first-order valence-electron chi connectivity index (χ1n) is 7.34. The molecule has 25 heavy (non-hydrogen) atoms. The summed E-state index contributed by atoms with van der Waals surface area (Å²) in [6, 6.07) is 2.19. The Labute approximate surface area is 142 Å². The molecular weight excluding hydrogens is 343 g/mol. The van der Waals surface area contributed by atoms with Crippen molar-refractivity contribution in [3.8, 4) is 0 Å². The molecule has 0 spiro atoms. The van der Waals surface area contributed by atoms with Crippen LogP contribution in [0.2, 0.25) is 0 Å². The maximum atomic E-state index is 12.8. The zero-order valence-corrected chi connectivity index (χ0v) is 13.9. The van der Waals surface area contributed by atoms with Crippen LogP contribution >= 0.6 is 0 Å². The predicted molar refractivity (Wildman–Crippen MR) is 82.0 cm³/mol. The molecule has 6 nitrogen and oxygen atoms in total. The zero-order valence-electron chi connectivity index (χ0n) is 13.9. The third kappa shape index (κ3) is 6.35. The maximum Gasteiger partial charge on any atom is 0.416 e. The van der Waals surface area contributed by atoms with E-state index < -0.39 is 42.2 Å². The number of benzene rings is 1. The number of hydrogen-bond acceptors (Lipinski definition) is 5. The monoisotopic (exact) mass is 363 g/mol. The molecule has 0 bridgehead atoms. The SMILES string of the molecule is CC(C)(C)OC(=O)NCC(O)C(O)c1cc(C(F)(F)F)ccc1C=O. The number of ether oxygens (including phenoxy) is 1. The fourth-order valence-corrected chi connectivity index (χ4v) is 1.94. The lowest BCUT2D eigenvalue weighted by molar-refractivity contribution is -0.137. The summed E-state index contributed by atoms with van der Waals surface area (Å²) in [6.45, 7) is 4.38. The van der Waals surface area contributed by atoms with Crippen LogP contribution in [-0.2, 0) is 10.9 Å². The standard InChI is InChI=1S/C16H20F3NO5/c1-15(2,3)25-14(24)20-7-12(22)13(23)11-6-10(16(17,18)19)5-4-9(11)8-21/h4-6,8,12-13,22-23H,7H2,1-3H3,(H,20,24). The summed E-state index contributed by atoms with van der Waals surface area (Å²) in [6.07, 6.45) is -8.71. The van der Waals surface area contributed by atoms with Gasteiger partial charge in [-0.2, -0.15) is 13.2 Å². The van der Waals surface area contributed by atoms with E-state index in [-0.39, 0.29) is 17.4 Å². The lowest BCUT2D eigenvalue weighted by atomic mass is 9.96. The Bertz CT molecular complexity index is 625. The summed E-state index contributed by atoms with van der Waals surface area (Å²) in [5, 5.41) is 22.2. The molecule has 0 aliphatic heterocycles. The highest BCUT2D eigenvalue weighted by atomic mass is 19.4. The van der Waals surface area contributed by atoms with Gasteiger partial charge >= 0.3 is 12.3 Å². The third-order valence-corrected chi connectivity index (χ3v) is 3.08. The summed E-state index contributed by atoms with van der Waals surface area (Å²) in [4.78, 5) is 22.5. The maximum absolute atomic E-state index is 12.8. The molecule has 1 rings (SSSR count). The van der Waals surface area contributed by atoms with Crippen LogP contribution in [0.5, 0.6) is 0 Å². The fourth-order valence-electron chi connectivity index (χ4n) is 1.94. The Kier molecular flexibility index (Phi) is 6.55. The van der Waals surface area contributed by atoms with Gasteiger partial charge in [0.2, 0.25) is 0 Å². The number of carbonyl (C=O) groups is 2. The van der Waals surface area contributed by atoms with Crippen LogP contribution in [-0.4, -0.2) is 40.8 Å². The van der Waals surface area contributed by atoms with Crippen LogP contribution in [0.3, 0.4) is 0 Å².